The van der Waals surface area contributed by atoms with Crippen molar-refractivity contribution in [1.82, 2.24) is 10.2 Å². The summed E-state index contributed by atoms with van der Waals surface area (Å²) >= 11 is 0. The smallest absolute Gasteiger partial charge is 0.259 e. The fourth-order valence-electron chi connectivity index (χ4n) is 3.94. The van der Waals surface area contributed by atoms with Crippen molar-refractivity contribution in [1.29, 1.82) is 5.41 Å². The monoisotopic (exact) mass is 359 g/mol. The Morgan fingerprint density at radius 1 is 1.35 bits per heavy atom. The van der Waals surface area contributed by atoms with Crippen molar-refractivity contribution in [3.63, 3.8) is 0 Å². The highest BCUT2D eigenvalue weighted by Crippen LogP contribution is 2.34. The Morgan fingerprint density at radius 2 is 2.08 bits per heavy atom. The first-order valence-electron chi connectivity index (χ1n) is 9.20. The Hall–Kier alpha value is -2.44. The Kier molecular flexibility index (Phi) is 5.25. The molecule has 7 nitrogen and oxygen atoms in total. The highest BCUT2D eigenvalue weighted by atomic mass is 16.5. The van der Waals surface area contributed by atoms with Gasteiger partial charge in [0, 0.05) is 22.8 Å². The molecule has 3 rings (SSSR count). The standard InChI is InChI=1S/C19H27N4O3/c1-22-17(24)19(21-18(22)20,12-14-7-4-3-5-8-14)13-26-16-10-6-9-15(11-16)23(2)25/h6,9-11,14H,3-5,7-8,12-13H2,1-2H3,(H2,20,21)/q+1. The summed E-state index contributed by atoms with van der Waals surface area (Å²) in [6.45, 7) is 0.140. The van der Waals surface area contributed by atoms with Gasteiger partial charge in [0.1, 0.15) is 12.4 Å². The third kappa shape index (κ3) is 3.71. The second-order valence-corrected chi connectivity index (χ2v) is 7.41. The van der Waals surface area contributed by atoms with Gasteiger partial charge in [-0.1, -0.05) is 38.2 Å². The van der Waals surface area contributed by atoms with Gasteiger partial charge in [-0.05, 0) is 18.4 Å². The van der Waals surface area contributed by atoms with Gasteiger partial charge in [0.2, 0.25) is 0 Å². The lowest BCUT2D eigenvalue weighted by Gasteiger charge is -2.32. The number of nitrogens with one attached hydrogen (secondary N) is 2. The number of carbonyl (C=O) groups is 1. The summed E-state index contributed by atoms with van der Waals surface area (Å²) in [5.41, 5.74) is -0.410. The molecule has 1 aliphatic carbocycles. The van der Waals surface area contributed by atoms with Crippen molar-refractivity contribution >= 4 is 17.6 Å². The molecule has 0 bridgehead atoms. The summed E-state index contributed by atoms with van der Waals surface area (Å²) in [5.74, 6) is 0.999. The number of hydrogen-bond donors (Lipinski definition) is 2. The third-order valence-electron chi connectivity index (χ3n) is 5.44. The summed E-state index contributed by atoms with van der Waals surface area (Å²) in [5, 5.41) is 11.1. The zero-order chi connectivity index (χ0) is 18.7. The average Bonchev–Trinajstić information content (AvgIpc) is 2.85. The molecule has 7 heteroatoms. The fraction of sp³-hybridized carbons (Fsp3) is 0.579. The lowest BCUT2D eigenvalue weighted by Crippen LogP contribution is -2.53. The van der Waals surface area contributed by atoms with E-state index in [0.717, 1.165) is 17.6 Å². The van der Waals surface area contributed by atoms with Crippen LogP contribution in [-0.2, 0) is 4.79 Å². The van der Waals surface area contributed by atoms with E-state index in [9.17, 15) is 9.70 Å². The number of guanidine groups is 1. The molecule has 140 valence electrons. The van der Waals surface area contributed by atoms with Crippen molar-refractivity contribution in [2.45, 2.75) is 44.1 Å². The van der Waals surface area contributed by atoms with E-state index in [0.29, 0.717) is 23.8 Å². The van der Waals surface area contributed by atoms with Crippen LogP contribution in [0.1, 0.15) is 38.5 Å². The van der Waals surface area contributed by atoms with Crippen LogP contribution in [0.25, 0.3) is 0 Å². The number of likely N-dealkylation sites (N-methyl/N-ethyl adjacent to an activating group) is 1. The lowest BCUT2D eigenvalue weighted by atomic mass is 9.79. The van der Waals surface area contributed by atoms with Crippen LogP contribution in [0.5, 0.6) is 5.75 Å². The number of nitroso groups, excluding NO2 is 1. The van der Waals surface area contributed by atoms with Crippen LogP contribution >= 0.6 is 0 Å². The van der Waals surface area contributed by atoms with Gasteiger partial charge >= 0.3 is 0 Å². The Bertz CT molecular complexity index is 714. The first-order chi connectivity index (χ1) is 12.4. The zero-order valence-electron chi connectivity index (χ0n) is 15.5. The van der Waals surface area contributed by atoms with Crippen LogP contribution in [0.3, 0.4) is 0 Å². The molecule has 0 spiro atoms. The number of nitrogens with zero attached hydrogens (tertiary/aromatic N) is 2. The molecule has 1 heterocycles. The predicted molar refractivity (Wildman–Crippen MR) is 98.7 cm³/mol. The van der Waals surface area contributed by atoms with E-state index in [1.54, 1.807) is 31.3 Å². The van der Waals surface area contributed by atoms with Crippen molar-refractivity contribution in [3.05, 3.63) is 29.2 Å². The van der Waals surface area contributed by atoms with E-state index in [-0.39, 0.29) is 18.5 Å². The zero-order valence-corrected chi connectivity index (χ0v) is 15.5. The number of hydrogen-bond acceptors (Lipinski definition) is 4. The van der Waals surface area contributed by atoms with Crippen molar-refractivity contribution in [3.8, 4) is 5.75 Å². The molecule has 1 saturated carbocycles. The molecular formula is C19H27N4O3+. The Morgan fingerprint density at radius 3 is 2.69 bits per heavy atom. The summed E-state index contributed by atoms with van der Waals surface area (Å²) in [7, 11) is 3.05. The summed E-state index contributed by atoms with van der Waals surface area (Å²) in [6.07, 6.45) is 6.54. The van der Waals surface area contributed by atoms with Crippen LogP contribution in [0, 0.1) is 16.2 Å². The molecule has 2 aliphatic rings. The minimum Gasteiger partial charge on any atom is -0.490 e. The third-order valence-corrected chi connectivity index (χ3v) is 5.44. The van der Waals surface area contributed by atoms with Gasteiger partial charge in [-0.25, -0.2) is 0 Å². The number of rotatable bonds is 6. The fourth-order valence-corrected chi connectivity index (χ4v) is 3.94. The highest BCUT2D eigenvalue weighted by Gasteiger charge is 2.50. The van der Waals surface area contributed by atoms with Gasteiger partial charge < -0.3 is 10.1 Å². The van der Waals surface area contributed by atoms with Gasteiger partial charge in [0.25, 0.3) is 11.6 Å². The Labute approximate surface area is 153 Å². The predicted octanol–water partition coefficient (Wildman–Crippen LogP) is 2.81. The first-order valence-corrected chi connectivity index (χ1v) is 9.20. The topological polar surface area (TPSA) is 85.5 Å². The van der Waals surface area contributed by atoms with Crippen molar-refractivity contribution < 1.29 is 14.3 Å². The molecule has 1 saturated heterocycles. The van der Waals surface area contributed by atoms with E-state index >= 15 is 0 Å². The van der Waals surface area contributed by atoms with Crippen LogP contribution in [-0.4, -0.2) is 47.8 Å². The lowest BCUT2D eigenvalue weighted by molar-refractivity contribution is -0.428. The Balaban J connectivity index is 1.78. The molecule has 1 aliphatic heterocycles. The van der Waals surface area contributed by atoms with Crippen molar-refractivity contribution in [2.75, 3.05) is 20.7 Å². The number of amides is 1. The maximum Gasteiger partial charge on any atom is 0.259 e. The average molecular weight is 359 g/mol. The van der Waals surface area contributed by atoms with E-state index in [1.165, 1.54) is 31.2 Å². The van der Waals surface area contributed by atoms with Gasteiger partial charge in [-0.2, -0.15) is 0 Å². The van der Waals surface area contributed by atoms with Crippen LogP contribution in [0.2, 0.25) is 0 Å². The second kappa shape index (κ2) is 7.43. The van der Waals surface area contributed by atoms with Crippen molar-refractivity contribution in [2.24, 2.45) is 5.92 Å². The van der Waals surface area contributed by atoms with Gasteiger partial charge in [-0.15, -0.1) is 0 Å². The van der Waals surface area contributed by atoms with Gasteiger partial charge in [0.15, 0.2) is 18.5 Å². The quantitative estimate of drug-likeness (QED) is 0.765. The van der Waals surface area contributed by atoms with Crippen LogP contribution < -0.4 is 10.1 Å². The molecule has 1 aromatic carbocycles. The largest absolute Gasteiger partial charge is 0.490 e. The minimum atomic E-state index is -0.910. The summed E-state index contributed by atoms with van der Waals surface area (Å²) < 4.78 is 6.69. The summed E-state index contributed by atoms with van der Waals surface area (Å²) in [6, 6.07) is 6.90. The molecule has 1 aromatic rings. The van der Waals surface area contributed by atoms with E-state index in [2.05, 4.69) is 5.32 Å². The maximum atomic E-state index is 12.9. The summed E-state index contributed by atoms with van der Waals surface area (Å²) in [4.78, 5) is 25.7. The van der Waals surface area contributed by atoms with E-state index < -0.39 is 5.54 Å². The molecule has 2 N–H and O–H groups in total. The van der Waals surface area contributed by atoms with Crippen LogP contribution in [0.4, 0.5) is 5.69 Å². The molecule has 1 amide bonds. The highest BCUT2D eigenvalue weighted by molar-refractivity contribution is 6.07. The van der Waals surface area contributed by atoms with Crippen LogP contribution in [0.15, 0.2) is 24.3 Å². The number of ether oxygens (including phenoxy) is 1. The molecular weight excluding hydrogens is 332 g/mol. The molecule has 1 unspecified atom stereocenters. The van der Waals surface area contributed by atoms with Gasteiger partial charge in [-0.3, -0.25) is 15.1 Å². The van der Waals surface area contributed by atoms with E-state index in [4.69, 9.17) is 10.1 Å². The molecule has 0 aromatic heterocycles. The molecule has 1 atom stereocenters. The molecule has 26 heavy (non-hydrogen) atoms. The number of carbonyl (C=O) groups excluding carboxylic acids is 1. The maximum absolute atomic E-state index is 12.9. The minimum absolute atomic E-state index is 0.113. The second-order valence-electron chi connectivity index (χ2n) is 7.41. The SMILES string of the molecule is CN1C(=N)NC(COc2cccc([N+](C)=O)c2)(CC2CCCCC2)C1=O. The molecule has 0 radical (unpaired) electrons. The first kappa shape index (κ1) is 18.4. The normalized spacial score (nSPS) is 23.8. The van der Waals surface area contributed by atoms with Gasteiger partial charge in [0.05, 0.1) is 6.07 Å². The van der Waals surface area contributed by atoms with E-state index in [1.807, 2.05) is 0 Å². The number of benzene rings is 1. The molecule has 2 fully saturated rings.